The minimum absolute atomic E-state index is 0.440. The van der Waals surface area contributed by atoms with E-state index in [1.807, 2.05) is 60.7 Å². The molecule has 4 rings (SSSR count). The fourth-order valence-corrected chi connectivity index (χ4v) is 4.04. The Labute approximate surface area is 191 Å². The van der Waals surface area contributed by atoms with E-state index < -0.39 is 0 Å². The van der Waals surface area contributed by atoms with Crippen LogP contribution in [0.15, 0.2) is 73.3 Å². The van der Waals surface area contributed by atoms with Crippen LogP contribution in [-0.2, 0) is 13.0 Å². The van der Waals surface area contributed by atoms with Crippen LogP contribution in [0.4, 0.5) is 0 Å². The summed E-state index contributed by atoms with van der Waals surface area (Å²) in [4.78, 5) is 4.81. The molecule has 0 fully saturated rings. The fourth-order valence-electron chi connectivity index (χ4n) is 3.55. The first-order chi connectivity index (χ1) is 15.1. The number of imidazole rings is 1. The predicted molar refractivity (Wildman–Crippen MR) is 128 cm³/mol. The van der Waals surface area contributed by atoms with Gasteiger partial charge in [0.2, 0.25) is 0 Å². The van der Waals surface area contributed by atoms with Crippen LogP contribution in [0, 0.1) is 0 Å². The van der Waals surface area contributed by atoms with Gasteiger partial charge in [0.15, 0.2) is 11.5 Å². The largest absolute Gasteiger partial charge is 0.493 e. The molecule has 4 aromatic rings. The minimum Gasteiger partial charge on any atom is -0.493 e. The normalized spacial score (nSPS) is 10.9. The van der Waals surface area contributed by atoms with Crippen LogP contribution in [-0.4, -0.2) is 23.3 Å². The van der Waals surface area contributed by atoms with Gasteiger partial charge in [-0.15, -0.1) is 6.58 Å². The topological polar surface area (TPSA) is 36.3 Å². The van der Waals surface area contributed by atoms with Gasteiger partial charge in [0.25, 0.3) is 0 Å². The second-order valence-electron chi connectivity index (χ2n) is 7.03. The molecule has 0 aliphatic heterocycles. The molecule has 0 radical (unpaired) electrons. The van der Waals surface area contributed by atoms with Crippen LogP contribution >= 0.6 is 23.2 Å². The van der Waals surface area contributed by atoms with Crippen LogP contribution in [0.5, 0.6) is 11.5 Å². The van der Waals surface area contributed by atoms with Crippen LogP contribution < -0.4 is 9.47 Å². The van der Waals surface area contributed by atoms with Crippen molar-refractivity contribution in [1.82, 2.24) is 9.55 Å². The summed E-state index contributed by atoms with van der Waals surface area (Å²) in [5.74, 6) is 2.18. The van der Waals surface area contributed by atoms with E-state index in [-0.39, 0.29) is 0 Å². The number of aromatic nitrogens is 2. The summed E-state index contributed by atoms with van der Waals surface area (Å²) in [6.45, 7) is 4.81. The molecule has 0 N–H and O–H groups in total. The van der Waals surface area contributed by atoms with Crippen LogP contribution in [0.2, 0.25) is 10.0 Å². The highest BCUT2D eigenvalue weighted by atomic mass is 35.5. The van der Waals surface area contributed by atoms with E-state index in [0.29, 0.717) is 34.7 Å². The van der Waals surface area contributed by atoms with Gasteiger partial charge in [-0.2, -0.15) is 0 Å². The van der Waals surface area contributed by atoms with Crippen molar-refractivity contribution in [2.45, 2.75) is 13.0 Å². The molecule has 0 saturated heterocycles. The Morgan fingerprint density at radius 1 is 1.03 bits per heavy atom. The fraction of sp³-hybridized carbons (Fsp3) is 0.160. The van der Waals surface area contributed by atoms with E-state index in [1.165, 1.54) is 0 Å². The van der Waals surface area contributed by atoms with E-state index in [1.54, 1.807) is 13.2 Å². The highest BCUT2D eigenvalue weighted by molar-refractivity contribution is 6.36. The molecule has 4 nitrogen and oxygen atoms in total. The first kappa shape index (κ1) is 21.3. The number of nitrogens with zero attached hydrogens (tertiary/aromatic N) is 2. The Morgan fingerprint density at radius 3 is 2.65 bits per heavy atom. The Hall–Kier alpha value is -2.95. The van der Waals surface area contributed by atoms with Crippen molar-refractivity contribution >= 4 is 34.2 Å². The number of rotatable bonds is 8. The molecular weight excluding hydrogens is 431 g/mol. The van der Waals surface area contributed by atoms with Crippen LogP contribution in [0.25, 0.3) is 22.4 Å². The number of methoxy groups -OCH3 is 1. The molecule has 0 aliphatic carbocycles. The highest BCUT2D eigenvalue weighted by Crippen LogP contribution is 2.33. The van der Waals surface area contributed by atoms with Crippen molar-refractivity contribution in [3.63, 3.8) is 0 Å². The number of fused-ring (bicyclic) bond motifs is 1. The van der Waals surface area contributed by atoms with Gasteiger partial charge in [-0.05, 0) is 54.4 Å². The van der Waals surface area contributed by atoms with Gasteiger partial charge < -0.3 is 14.0 Å². The van der Waals surface area contributed by atoms with Gasteiger partial charge in [0, 0.05) is 10.6 Å². The van der Waals surface area contributed by atoms with Gasteiger partial charge in [-0.25, -0.2) is 4.98 Å². The lowest BCUT2D eigenvalue weighted by Gasteiger charge is -2.14. The highest BCUT2D eigenvalue weighted by Gasteiger charge is 2.16. The van der Waals surface area contributed by atoms with Crippen molar-refractivity contribution < 1.29 is 9.47 Å². The summed E-state index contributed by atoms with van der Waals surface area (Å²) >= 11 is 12.6. The Balaban J connectivity index is 1.62. The number of hydrogen-bond donors (Lipinski definition) is 0. The molecule has 6 heteroatoms. The SMILES string of the molecule is C=CCc1ccc(OCCn2c(-c3ccc(Cl)cc3Cl)nc3ccccc32)c(OC)c1. The zero-order chi connectivity index (χ0) is 21.8. The lowest BCUT2D eigenvalue weighted by atomic mass is 10.1. The second kappa shape index (κ2) is 9.46. The molecule has 3 aromatic carbocycles. The van der Waals surface area contributed by atoms with Crippen molar-refractivity contribution in [2.75, 3.05) is 13.7 Å². The molecule has 0 bridgehead atoms. The number of allylic oxidation sites excluding steroid dienone is 1. The van der Waals surface area contributed by atoms with E-state index >= 15 is 0 Å². The first-order valence-corrected chi connectivity index (χ1v) is 10.7. The Kier molecular flexibility index (Phi) is 6.50. The summed E-state index contributed by atoms with van der Waals surface area (Å²) in [5, 5.41) is 1.15. The molecule has 0 unspecified atom stereocenters. The predicted octanol–water partition coefficient (Wildman–Crippen LogP) is 6.83. The third-order valence-corrected chi connectivity index (χ3v) is 5.55. The molecule has 31 heavy (non-hydrogen) atoms. The van der Waals surface area contributed by atoms with Gasteiger partial charge in [-0.3, -0.25) is 0 Å². The Morgan fingerprint density at radius 2 is 1.87 bits per heavy atom. The monoisotopic (exact) mass is 452 g/mol. The van der Waals surface area contributed by atoms with Crippen molar-refractivity contribution in [1.29, 1.82) is 0 Å². The summed E-state index contributed by atoms with van der Waals surface area (Å²) in [6, 6.07) is 19.4. The Bertz CT molecular complexity index is 1230. The van der Waals surface area contributed by atoms with E-state index in [2.05, 4.69) is 11.1 Å². The number of para-hydroxylation sites is 2. The maximum atomic E-state index is 6.48. The second-order valence-corrected chi connectivity index (χ2v) is 7.87. The molecular formula is C25H22Cl2N2O2. The van der Waals surface area contributed by atoms with E-state index in [0.717, 1.165) is 34.4 Å². The van der Waals surface area contributed by atoms with Crippen molar-refractivity contribution in [3.8, 4) is 22.9 Å². The standard InChI is InChI=1S/C25H22Cl2N2O2/c1-3-6-17-9-12-23(24(15-17)30-2)31-14-13-29-22-8-5-4-7-21(22)28-25(29)19-11-10-18(26)16-20(19)27/h3-5,7-12,15-16H,1,6,13-14H2,2H3. The number of benzene rings is 3. The van der Waals surface area contributed by atoms with Crippen LogP contribution in [0.3, 0.4) is 0 Å². The molecule has 0 aliphatic rings. The molecule has 1 heterocycles. The van der Waals surface area contributed by atoms with Crippen molar-refractivity contribution in [2.24, 2.45) is 0 Å². The van der Waals surface area contributed by atoms with Gasteiger partial charge in [0.05, 0.1) is 29.7 Å². The molecule has 1 aromatic heterocycles. The number of hydrogen-bond acceptors (Lipinski definition) is 3. The summed E-state index contributed by atoms with van der Waals surface area (Å²) in [6.07, 6.45) is 2.64. The van der Waals surface area contributed by atoms with E-state index in [4.69, 9.17) is 37.7 Å². The first-order valence-electron chi connectivity index (χ1n) is 9.92. The average Bonchev–Trinajstić information content (AvgIpc) is 3.13. The van der Waals surface area contributed by atoms with E-state index in [9.17, 15) is 0 Å². The zero-order valence-corrected chi connectivity index (χ0v) is 18.7. The van der Waals surface area contributed by atoms with Crippen molar-refractivity contribution in [3.05, 3.63) is 88.9 Å². The maximum Gasteiger partial charge on any atom is 0.161 e. The van der Waals surface area contributed by atoms with Gasteiger partial charge >= 0.3 is 0 Å². The third-order valence-electron chi connectivity index (χ3n) is 5.01. The van der Waals surface area contributed by atoms with Crippen LogP contribution in [0.1, 0.15) is 5.56 Å². The zero-order valence-electron chi connectivity index (χ0n) is 17.1. The molecule has 158 valence electrons. The molecule has 0 amide bonds. The summed E-state index contributed by atoms with van der Waals surface area (Å²) in [5.41, 5.74) is 3.86. The summed E-state index contributed by atoms with van der Waals surface area (Å²) in [7, 11) is 1.64. The molecule has 0 spiro atoms. The lowest BCUT2D eigenvalue weighted by molar-refractivity contribution is 0.281. The maximum absolute atomic E-state index is 6.48. The quantitative estimate of drug-likeness (QED) is 0.275. The summed E-state index contributed by atoms with van der Waals surface area (Å²) < 4.78 is 13.7. The molecule has 0 atom stereocenters. The van der Waals surface area contributed by atoms with Gasteiger partial charge in [-0.1, -0.05) is 47.5 Å². The van der Waals surface area contributed by atoms with Gasteiger partial charge in [0.1, 0.15) is 12.4 Å². The number of halogens is 2. The number of ether oxygens (including phenoxy) is 2. The minimum atomic E-state index is 0.440. The lowest BCUT2D eigenvalue weighted by Crippen LogP contribution is -2.10. The third kappa shape index (κ3) is 4.55. The smallest absolute Gasteiger partial charge is 0.161 e. The molecule has 0 saturated carbocycles. The average molecular weight is 453 g/mol.